The lowest BCUT2D eigenvalue weighted by atomic mass is 9.93. The van der Waals surface area contributed by atoms with Gasteiger partial charge in [0, 0.05) is 33.2 Å². The van der Waals surface area contributed by atoms with Crippen LogP contribution in [0.25, 0.3) is 0 Å². The number of carbonyl (C=O) groups is 2. The van der Waals surface area contributed by atoms with Crippen LogP contribution in [-0.2, 0) is 0 Å². The zero-order chi connectivity index (χ0) is 18.7. The van der Waals surface area contributed by atoms with Gasteiger partial charge in [-0.15, -0.1) is 0 Å². The number of benzene rings is 1. The summed E-state index contributed by atoms with van der Waals surface area (Å²) in [5, 5.41) is 3.40. The molecule has 6 nitrogen and oxygen atoms in total. The van der Waals surface area contributed by atoms with Crippen molar-refractivity contribution in [3.05, 3.63) is 35.4 Å². The van der Waals surface area contributed by atoms with E-state index in [-0.39, 0.29) is 11.8 Å². The quantitative estimate of drug-likeness (QED) is 0.381. The van der Waals surface area contributed by atoms with Crippen LogP contribution in [0.15, 0.2) is 29.3 Å². The highest BCUT2D eigenvalue weighted by molar-refractivity contribution is 6.21. The summed E-state index contributed by atoms with van der Waals surface area (Å²) in [6.07, 6.45) is 2.83. The van der Waals surface area contributed by atoms with Gasteiger partial charge in [-0.2, -0.15) is 0 Å². The molecule has 1 aromatic rings. The Bertz CT molecular complexity index is 691. The van der Waals surface area contributed by atoms with Crippen molar-refractivity contribution >= 4 is 17.8 Å². The Morgan fingerprint density at radius 1 is 1.15 bits per heavy atom. The number of aliphatic imine (C=N–C) groups is 1. The summed E-state index contributed by atoms with van der Waals surface area (Å²) in [5.41, 5.74) is 1.38. The van der Waals surface area contributed by atoms with Crippen molar-refractivity contribution in [1.29, 1.82) is 0 Å². The van der Waals surface area contributed by atoms with Crippen LogP contribution in [0.2, 0.25) is 0 Å². The van der Waals surface area contributed by atoms with Crippen molar-refractivity contribution in [3.8, 4) is 0 Å². The fourth-order valence-electron chi connectivity index (χ4n) is 3.66. The van der Waals surface area contributed by atoms with Crippen molar-refractivity contribution in [2.24, 2.45) is 10.4 Å². The summed E-state index contributed by atoms with van der Waals surface area (Å²) >= 11 is 0. The van der Waals surface area contributed by atoms with E-state index in [0.717, 1.165) is 38.4 Å². The number of unbranched alkanes of at least 4 members (excludes halogenated alkanes) is 1. The van der Waals surface area contributed by atoms with Crippen LogP contribution in [0, 0.1) is 5.41 Å². The molecule has 0 aliphatic carbocycles. The third kappa shape index (κ3) is 3.74. The van der Waals surface area contributed by atoms with Gasteiger partial charge in [-0.05, 0) is 36.8 Å². The minimum atomic E-state index is -0.173. The number of nitrogens with zero attached hydrogens (tertiary/aromatic N) is 3. The SMILES string of the molecule is CN=C(NCCCCN1C(=O)c2ccccc2C1=O)N1CCC(C)(C)C1. The van der Waals surface area contributed by atoms with Crippen LogP contribution >= 0.6 is 0 Å². The van der Waals surface area contributed by atoms with E-state index in [9.17, 15) is 9.59 Å². The fourth-order valence-corrected chi connectivity index (χ4v) is 3.66. The maximum atomic E-state index is 12.3. The minimum Gasteiger partial charge on any atom is -0.356 e. The Labute approximate surface area is 155 Å². The molecule has 1 saturated heterocycles. The Morgan fingerprint density at radius 3 is 2.35 bits per heavy atom. The summed E-state index contributed by atoms with van der Waals surface area (Å²) in [6.45, 7) is 7.85. The largest absolute Gasteiger partial charge is 0.356 e. The number of rotatable bonds is 5. The summed E-state index contributed by atoms with van der Waals surface area (Å²) in [6, 6.07) is 7.03. The first kappa shape index (κ1) is 18.4. The van der Waals surface area contributed by atoms with E-state index in [1.165, 1.54) is 11.3 Å². The molecule has 0 atom stereocenters. The zero-order valence-corrected chi connectivity index (χ0v) is 15.9. The number of hydrogen-bond donors (Lipinski definition) is 1. The third-order valence-electron chi connectivity index (χ3n) is 5.16. The summed E-state index contributed by atoms with van der Waals surface area (Å²) < 4.78 is 0. The molecule has 6 heteroatoms. The van der Waals surface area contributed by atoms with Gasteiger partial charge in [-0.1, -0.05) is 26.0 Å². The second kappa shape index (κ2) is 7.48. The summed E-state index contributed by atoms with van der Waals surface area (Å²) in [4.78, 5) is 32.7. The van der Waals surface area contributed by atoms with Crippen LogP contribution < -0.4 is 5.32 Å². The lowest BCUT2D eigenvalue weighted by molar-refractivity contribution is 0.0652. The highest BCUT2D eigenvalue weighted by Crippen LogP contribution is 2.28. The molecule has 0 saturated carbocycles. The average Bonchev–Trinajstić information content (AvgIpc) is 3.10. The number of guanidine groups is 1. The first-order valence-corrected chi connectivity index (χ1v) is 9.34. The van der Waals surface area contributed by atoms with Gasteiger partial charge < -0.3 is 10.2 Å². The highest BCUT2D eigenvalue weighted by atomic mass is 16.2. The highest BCUT2D eigenvalue weighted by Gasteiger charge is 2.34. The lowest BCUT2D eigenvalue weighted by Gasteiger charge is -2.23. The molecule has 3 rings (SSSR count). The maximum absolute atomic E-state index is 12.3. The van der Waals surface area contributed by atoms with Gasteiger partial charge in [0.05, 0.1) is 11.1 Å². The van der Waals surface area contributed by atoms with Crippen LogP contribution in [-0.4, -0.2) is 60.8 Å². The minimum absolute atomic E-state index is 0.173. The first-order valence-electron chi connectivity index (χ1n) is 9.34. The molecule has 1 N–H and O–H groups in total. The number of hydrogen-bond acceptors (Lipinski definition) is 3. The number of likely N-dealkylation sites (tertiary alicyclic amines) is 1. The summed E-state index contributed by atoms with van der Waals surface area (Å²) in [7, 11) is 1.81. The monoisotopic (exact) mass is 356 g/mol. The van der Waals surface area contributed by atoms with Crippen molar-refractivity contribution in [2.45, 2.75) is 33.1 Å². The molecule has 0 unspecified atom stereocenters. The van der Waals surface area contributed by atoms with E-state index in [4.69, 9.17) is 0 Å². The Balaban J connectivity index is 1.42. The van der Waals surface area contributed by atoms with E-state index >= 15 is 0 Å². The molecule has 1 aromatic carbocycles. The normalized spacial score (nSPS) is 19.3. The van der Waals surface area contributed by atoms with Crippen molar-refractivity contribution in [2.75, 3.05) is 33.2 Å². The van der Waals surface area contributed by atoms with Crippen molar-refractivity contribution in [3.63, 3.8) is 0 Å². The first-order chi connectivity index (χ1) is 12.4. The molecule has 140 valence electrons. The van der Waals surface area contributed by atoms with Crippen molar-refractivity contribution in [1.82, 2.24) is 15.1 Å². The molecule has 2 aliphatic heterocycles. The number of imide groups is 1. The molecular weight excluding hydrogens is 328 g/mol. The van der Waals surface area contributed by atoms with Crippen LogP contribution in [0.3, 0.4) is 0 Å². The van der Waals surface area contributed by atoms with Gasteiger partial charge in [0.25, 0.3) is 11.8 Å². The van der Waals surface area contributed by atoms with Gasteiger partial charge in [-0.25, -0.2) is 0 Å². The maximum Gasteiger partial charge on any atom is 0.261 e. The molecule has 0 aromatic heterocycles. The molecule has 0 spiro atoms. The number of amides is 2. The second-order valence-electron chi connectivity index (χ2n) is 7.82. The molecule has 0 bridgehead atoms. The average molecular weight is 356 g/mol. The van der Waals surface area contributed by atoms with Crippen LogP contribution in [0.1, 0.15) is 53.8 Å². The topological polar surface area (TPSA) is 65.0 Å². The predicted molar refractivity (Wildman–Crippen MR) is 102 cm³/mol. The third-order valence-corrected chi connectivity index (χ3v) is 5.16. The van der Waals surface area contributed by atoms with Gasteiger partial charge in [0.15, 0.2) is 5.96 Å². The van der Waals surface area contributed by atoms with E-state index in [1.807, 2.05) is 7.05 Å². The van der Waals surface area contributed by atoms with E-state index < -0.39 is 0 Å². The Hall–Kier alpha value is -2.37. The number of fused-ring (bicyclic) bond motifs is 1. The number of nitrogens with one attached hydrogen (secondary N) is 1. The van der Waals surface area contributed by atoms with E-state index in [2.05, 4.69) is 29.1 Å². The Morgan fingerprint density at radius 2 is 1.81 bits per heavy atom. The Kier molecular flexibility index (Phi) is 5.30. The lowest BCUT2D eigenvalue weighted by Crippen LogP contribution is -2.41. The second-order valence-corrected chi connectivity index (χ2v) is 7.82. The van der Waals surface area contributed by atoms with Crippen LogP contribution in [0.5, 0.6) is 0 Å². The fraction of sp³-hybridized carbons (Fsp3) is 0.550. The molecule has 26 heavy (non-hydrogen) atoms. The summed E-state index contributed by atoms with van der Waals surface area (Å²) in [5.74, 6) is 0.596. The molecule has 1 fully saturated rings. The van der Waals surface area contributed by atoms with E-state index in [0.29, 0.717) is 23.1 Å². The van der Waals surface area contributed by atoms with Gasteiger partial charge >= 0.3 is 0 Å². The van der Waals surface area contributed by atoms with E-state index in [1.54, 1.807) is 24.3 Å². The van der Waals surface area contributed by atoms with Crippen LogP contribution in [0.4, 0.5) is 0 Å². The zero-order valence-electron chi connectivity index (χ0n) is 15.9. The molecule has 2 amide bonds. The van der Waals surface area contributed by atoms with Gasteiger partial charge in [0.2, 0.25) is 0 Å². The molecular formula is C20H28N4O2. The smallest absolute Gasteiger partial charge is 0.261 e. The van der Waals surface area contributed by atoms with Gasteiger partial charge in [0.1, 0.15) is 0 Å². The van der Waals surface area contributed by atoms with Crippen molar-refractivity contribution < 1.29 is 9.59 Å². The predicted octanol–water partition coefficient (Wildman–Crippen LogP) is 2.37. The molecule has 2 heterocycles. The standard InChI is InChI=1S/C20H28N4O2/c1-20(2)10-13-23(14-20)19(21-3)22-11-6-7-12-24-17(25)15-8-4-5-9-16(15)18(24)26/h4-5,8-9H,6-7,10-14H2,1-3H3,(H,21,22). The molecule has 2 aliphatic rings. The van der Waals surface area contributed by atoms with Gasteiger partial charge in [-0.3, -0.25) is 19.5 Å². The molecule has 0 radical (unpaired) electrons. The number of carbonyl (C=O) groups excluding carboxylic acids is 2.